The van der Waals surface area contributed by atoms with Gasteiger partial charge in [-0.2, -0.15) is 0 Å². The molecule has 2 saturated heterocycles. The van der Waals surface area contributed by atoms with E-state index in [-0.39, 0.29) is 50.0 Å². The van der Waals surface area contributed by atoms with Gasteiger partial charge < -0.3 is 95.8 Å². The number of carbonyl (C=O) groups is 5. The van der Waals surface area contributed by atoms with Crippen LogP contribution in [-0.4, -0.2) is 243 Å². The number of Topliss-reactive ketones (excluding diaryl/α,β-unsaturated/α-hetero) is 2. The Bertz CT molecular complexity index is 2610. The van der Waals surface area contributed by atoms with Crippen molar-refractivity contribution < 1.29 is 94.0 Å². The van der Waals surface area contributed by atoms with Crippen LogP contribution in [0.15, 0.2) is 109 Å². The molecule has 24 nitrogen and oxygen atoms in total. The summed E-state index contributed by atoms with van der Waals surface area (Å²) in [7, 11) is 8.75. The predicted octanol–water partition coefficient (Wildman–Crippen LogP) is 2.06. The molecular weight excluding hydrogens is 1180 g/mol. The van der Waals surface area contributed by atoms with E-state index in [2.05, 4.69) is 16.0 Å². The van der Waals surface area contributed by atoms with E-state index in [1.807, 2.05) is 38.9 Å². The van der Waals surface area contributed by atoms with Crippen molar-refractivity contribution >= 4 is 35.0 Å². The normalized spacial score (nSPS) is 32.4. The minimum absolute atomic E-state index is 0.0513. The Morgan fingerprint density at radius 1 is 0.703 bits per heavy atom. The molecular formula is C67H103N5O19. The summed E-state index contributed by atoms with van der Waals surface area (Å²) in [5.41, 5.74) is 1.30. The Labute approximate surface area is 535 Å². The van der Waals surface area contributed by atoms with Crippen LogP contribution in [0.3, 0.4) is 0 Å². The molecule has 2 bridgehead atoms. The number of benzene rings is 1. The third kappa shape index (κ3) is 28.6. The first-order chi connectivity index (χ1) is 43.1. The zero-order chi connectivity index (χ0) is 67.4. The number of anilines is 1. The Morgan fingerprint density at radius 2 is 1.27 bits per heavy atom. The van der Waals surface area contributed by atoms with Gasteiger partial charge in [0, 0.05) is 75.8 Å². The number of nitrogens with one attached hydrogen (secondary N) is 3. The topological polar surface area (TPSA) is 367 Å². The van der Waals surface area contributed by atoms with Crippen molar-refractivity contribution in [2.45, 2.75) is 195 Å². The molecule has 0 saturated carbocycles. The number of aliphatic hydroxyl groups is 10. The average Bonchev–Trinajstić information content (AvgIpc) is 0.818. The van der Waals surface area contributed by atoms with Gasteiger partial charge in [0.05, 0.1) is 86.0 Å². The molecule has 2 fully saturated rings. The lowest BCUT2D eigenvalue weighted by Gasteiger charge is -2.46. The number of rotatable bonds is 17. The van der Waals surface area contributed by atoms with E-state index in [9.17, 15) is 75.0 Å². The van der Waals surface area contributed by atoms with E-state index in [0.29, 0.717) is 18.5 Å². The molecule has 0 spiro atoms. The summed E-state index contributed by atoms with van der Waals surface area (Å²) in [6, 6.07) is 5.68. The third-order valence-electron chi connectivity index (χ3n) is 16.0. The van der Waals surface area contributed by atoms with Crippen molar-refractivity contribution in [1.29, 1.82) is 0 Å². The highest BCUT2D eigenvalue weighted by Crippen LogP contribution is 2.38. The fourth-order valence-electron chi connectivity index (χ4n) is 11.3. The lowest BCUT2D eigenvalue weighted by molar-refractivity contribution is -0.307. The number of likely N-dealkylation sites (N-methyl/N-ethyl adjacent to an activating group) is 2. The van der Waals surface area contributed by atoms with Gasteiger partial charge in [-0.1, -0.05) is 98.9 Å². The zero-order valence-electron chi connectivity index (χ0n) is 53.9. The fraction of sp³-hybridized carbons (Fsp3) is 0.627. The molecule has 3 aliphatic rings. The van der Waals surface area contributed by atoms with Gasteiger partial charge in [0.2, 0.25) is 11.8 Å². The maximum atomic E-state index is 14.0. The Hall–Kier alpha value is -5.65. The maximum absolute atomic E-state index is 14.0. The molecule has 4 rings (SSSR count). The summed E-state index contributed by atoms with van der Waals surface area (Å²) in [6.07, 6.45) is 2.19. The van der Waals surface area contributed by atoms with Crippen molar-refractivity contribution in [3.8, 4) is 0 Å². The fourth-order valence-corrected chi connectivity index (χ4v) is 11.3. The molecule has 510 valence electrons. The molecule has 24 heteroatoms. The van der Waals surface area contributed by atoms with E-state index in [1.165, 1.54) is 6.92 Å². The number of fused-ring (bicyclic) bond motifs is 2. The van der Waals surface area contributed by atoms with E-state index in [4.69, 9.17) is 18.9 Å². The van der Waals surface area contributed by atoms with Gasteiger partial charge in [-0.3, -0.25) is 24.0 Å². The molecule has 3 aliphatic heterocycles. The van der Waals surface area contributed by atoms with Crippen LogP contribution in [0.4, 0.5) is 5.69 Å². The van der Waals surface area contributed by atoms with Crippen LogP contribution < -0.4 is 16.0 Å². The van der Waals surface area contributed by atoms with E-state index < -0.39 is 178 Å². The largest absolute Gasteiger partial charge is 0.461 e. The number of esters is 1. The monoisotopic (exact) mass is 1280 g/mol. The highest BCUT2D eigenvalue weighted by molar-refractivity contribution is 5.96. The molecule has 19 atom stereocenters. The smallest absolute Gasteiger partial charge is 0.308 e. The van der Waals surface area contributed by atoms with Crippen LogP contribution in [0.2, 0.25) is 0 Å². The summed E-state index contributed by atoms with van der Waals surface area (Å²) >= 11 is 0. The van der Waals surface area contributed by atoms with Gasteiger partial charge in [-0.15, -0.1) is 0 Å². The van der Waals surface area contributed by atoms with Crippen molar-refractivity contribution in [2.75, 3.05) is 60.2 Å². The van der Waals surface area contributed by atoms with E-state index >= 15 is 0 Å². The number of ether oxygens (including phenoxy) is 4. The second-order valence-electron chi connectivity index (χ2n) is 24.9. The Balaban J connectivity index is 1.62. The minimum Gasteiger partial charge on any atom is -0.461 e. The number of amides is 2. The summed E-state index contributed by atoms with van der Waals surface area (Å²) in [5.74, 6) is -7.10. The Kier molecular flexibility index (Phi) is 34.0. The molecule has 91 heavy (non-hydrogen) atoms. The summed E-state index contributed by atoms with van der Waals surface area (Å²) in [5, 5.41) is 121. The van der Waals surface area contributed by atoms with Crippen LogP contribution >= 0.6 is 0 Å². The van der Waals surface area contributed by atoms with Gasteiger partial charge in [0.1, 0.15) is 24.1 Å². The van der Waals surface area contributed by atoms with E-state index in [0.717, 1.165) is 5.69 Å². The second kappa shape index (κ2) is 39.8. The summed E-state index contributed by atoms with van der Waals surface area (Å²) in [4.78, 5) is 69.8. The van der Waals surface area contributed by atoms with E-state index in [1.54, 1.807) is 129 Å². The van der Waals surface area contributed by atoms with Crippen molar-refractivity contribution in [2.24, 2.45) is 17.8 Å². The summed E-state index contributed by atoms with van der Waals surface area (Å²) in [6.45, 7) is 5.81. The number of carbonyl (C=O) groups excluding carboxylic acids is 5. The van der Waals surface area contributed by atoms with Crippen LogP contribution in [-0.2, 0) is 38.1 Å². The van der Waals surface area contributed by atoms with Crippen molar-refractivity contribution in [3.63, 3.8) is 0 Å². The SMILES string of the molecule is CNc1ccc(C(=O)CC(O)CCC(C)C2OC(=O)CC(O)CC(=O)CC(O)CC(O)CC(O)CC(O)CC3(O)CC(O)C(C(=O)NCCN(C)C)C(CC(OC4OC(C)C(O)C(NC(=O)CN(C)C)C4O)C=CC=CC=CC=CC=CC=CC=CC2C)O3)cc1. The molecule has 19 unspecified atom stereocenters. The Morgan fingerprint density at radius 3 is 1.87 bits per heavy atom. The predicted molar refractivity (Wildman–Crippen MR) is 342 cm³/mol. The number of aliphatic hydroxyl groups excluding tert-OH is 9. The number of hydrogen-bond acceptors (Lipinski definition) is 22. The van der Waals surface area contributed by atoms with Gasteiger partial charge in [-0.05, 0) is 97.4 Å². The van der Waals surface area contributed by atoms with Crippen molar-refractivity contribution in [1.82, 2.24) is 20.4 Å². The highest BCUT2D eigenvalue weighted by atomic mass is 16.7. The number of allylic oxidation sites excluding steroid dienone is 12. The first-order valence-electron chi connectivity index (χ1n) is 31.5. The highest BCUT2D eigenvalue weighted by Gasteiger charge is 2.51. The average molecular weight is 1280 g/mol. The van der Waals surface area contributed by atoms with Crippen LogP contribution in [0, 0.1) is 17.8 Å². The molecule has 0 aliphatic carbocycles. The molecule has 0 aromatic heterocycles. The molecule has 0 radical (unpaired) electrons. The van der Waals surface area contributed by atoms with Crippen LogP contribution in [0.25, 0.3) is 0 Å². The standard InChI is InChI=1S/C67H103N5O19/c1-42-21-19-17-15-13-11-9-10-12-14-16-18-20-22-54(89-66-63(85)61(62(84)44(3)88-66)70-58(82)41-72(7)8)38-57-60(65(86)69-29-30-71(5)6)56(81)40-67(87,91-57)39-53(79)35-51(77)33-49(75)31-48(74)32-50(76)34-52(78)37-59(83)90-64(42)43(2)23-28-47(73)36-55(80)45-24-26-46(68-4)27-25-45/h9-22,24-27,42-44,47-49,51-54,56-57,60-64,66,68,73-75,77-79,81,84-85,87H,23,28-41H2,1-8H3,(H,69,86)(H,70,82). The zero-order valence-corrected chi connectivity index (χ0v) is 53.9. The van der Waals surface area contributed by atoms with Gasteiger partial charge in [-0.25, -0.2) is 0 Å². The van der Waals surface area contributed by atoms with Crippen LogP contribution in [0.5, 0.6) is 0 Å². The lowest BCUT2D eigenvalue weighted by atomic mass is 9.82. The number of cyclic esters (lactones) is 1. The number of nitrogens with zero attached hydrogens (tertiary/aromatic N) is 2. The minimum atomic E-state index is -2.32. The van der Waals surface area contributed by atoms with Gasteiger partial charge >= 0.3 is 5.97 Å². The second-order valence-corrected chi connectivity index (χ2v) is 24.9. The van der Waals surface area contributed by atoms with Gasteiger partial charge in [0.25, 0.3) is 0 Å². The maximum Gasteiger partial charge on any atom is 0.308 e. The van der Waals surface area contributed by atoms with Crippen LogP contribution in [0.1, 0.15) is 108 Å². The van der Waals surface area contributed by atoms with Gasteiger partial charge in [0.15, 0.2) is 17.9 Å². The van der Waals surface area contributed by atoms with Crippen molar-refractivity contribution in [3.05, 3.63) is 115 Å². The molecule has 1 aromatic carbocycles. The lowest BCUT2D eigenvalue weighted by Crippen LogP contribution is -2.64. The molecule has 13 N–H and O–H groups in total. The molecule has 1 aromatic rings. The third-order valence-corrected chi connectivity index (χ3v) is 16.0. The molecule has 3 heterocycles. The quantitative estimate of drug-likeness (QED) is 0.0784. The molecule has 2 amide bonds. The summed E-state index contributed by atoms with van der Waals surface area (Å²) < 4.78 is 24.6. The first kappa shape index (κ1) is 77.8. The first-order valence-corrected chi connectivity index (χ1v) is 31.5. The number of ketones is 2. The number of hydrogen-bond donors (Lipinski definition) is 13.